The molecule has 0 saturated heterocycles. The van der Waals surface area contributed by atoms with E-state index in [0.29, 0.717) is 16.1 Å². The Morgan fingerprint density at radius 1 is 1.17 bits per heavy atom. The van der Waals surface area contributed by atoms with Crippen LogP contribution in [0, 0.1) is 12.7 Å². The zero-order valence-corrected chi connectivity index (χ0v) is 11.1. The lowest BCUT2D eigenvalue weighted by atomic mass is 10.00. The van der Waals surface area contributed by atoms with E-state index in [4.69, 9.17) is 23.2 Å². The van der Waals surface area contributed by atoms with Gasteiger partial charge in [-0.25, -0.2) is 4.39 Å². The zero-order chi connectivity index (χ0) is 13.3. The van der Waals surface area contributed by atoms with E-state index in [1.54, 1.807) is 31.2 Å². The summed E-state index contributed by atoms with van der Waals surface area (Å²) in [5, 5.41) is 10.9. The minimum Gasteiger partial charge on any atom is -0.384 e. The Morgan fingerprint density at radius 2 is 1.89 bits per heavy atom. The van der Waals surface area contributed by atoms with Crippen LogP contribution < -0.4 is 0 Å². The van der Waals surface area contributed by atoms with Gasteiger partial charge in [-0.1, -0.05) is 41.4 Å². The molecule has 0 aliphatic carbocycles. The van der Waals surface area contributed by atoms with Crippen LogP contribution >= 0.6 is 23.2 Å². The molecule has 0 fully saturated rings. The standard InChI is InChI=1S/C14H11Cl2FO/c1-8-5-9(7-10(17)6-8)14(18)11-3-2-4-12(15)13(11)16/h2-7,14,18H,1H3. The van der Waals surface area contributed by atoms with Gasteiger partial charge < -0.3 is 5.11 Å². The summed E-state index contributed by atoms with van der Waals surface area (Å²) >= 11 is 11.9. The van der Waals surface area contributed by atoms with Gasteiger partial charge in [-0.15, -0.1) is 0 Å². The fourth-order valence-corrected chi connectivity index (χ4v) is 2.24. The Labute approximate surface area is 115 Å². The Morgan fingerprint density at radius 3 is 2.56 bits per heavy atom. The van der Waals surface area contributed by atoms with Gasteiger partial charge in [-0.3, -0.25) is 0 Å². The van der Waals surface area contributed by atoms with E-state index in [2.05, 4.69) is 0 Å². The normalized spacial score (nSPS) is 12.5. The van der Waals surface area contributed by atoms with Crippen molar-refractivity contribution in [2.75, 3.05) is 0 Å². The zero-order valence-electron chi connectivity index (χ0n) is 9.62. The van der Waals surface area contributed by atoms with Crippen LogP contribution in [0.4, 0.5) is 4.39 Å². The summed E-state index contributed by atoms with van der Waals surface area (Å²) in [4.78, 5) is 0. The van der Waals surface area contributed by atoms with Gasteiger partial charge in [0, 0.05) is 5.56 Å². The third kappa shape index (κ3) is 2.66. The average molecular weight is 285 g/mol. The number of aryl methyl sites for hydroxylation is 1. The Bertz CT molecular complexity index is 564. The summed E-state index contributed by atoms with van der Waals surface area (Å²) in [6.45, 7) is 1.76. The minimum atomic E-state index is -0.995. The maximum Gasteiger partial charge on any atom is 0.123 e. The highest BCUT2D eigenvalue weighted by molar-refractivity contribution is 6.42. The van der Waals surface area contributed by atoms with Crippen molar-refractivity contribution >= 4 is 23.2 Å². The lowest BCUT2D eigenvalue weighted by molar-refractivity contribution is 0.220. The van der Waals surface area contributed by atoms with Crippen molar-refractivity contribution in [1.29, 1.82) is 0 Å². The summed E-state index contributed by atoms with van der Waals surface area (Å²) in [7, 11) is 0. The van der Waals surface area contributed by atoms with E-state index in [-0.39, 0.29) is 10.8 Å². The van der Waals surface area contributed by atoms with E-state index >= 15 is 0 Å². The molecule has 1 atom stereocenters. The molecule has 18 heavy (non-hydrogen) atoms. The van der Waals surface area contributed by atoms with Crippen LogP contribution in [0.25, 0.3) is 0 Å². The molecule has 0 saturated carbocycles. The SMILES string of the molecule is Cc1cc(F)cc(C(O)c2cccc(Cl)c2Cl)c1. The van der Waals surface area contributed by atoms with E-state index in [1.165, 1.54) is 12.1 Å². The molecule has 94 valence electrons. The van der Waals surface area contributed by atoms with Crippen LogP contribution in [0.15, 0.2) is 36.4 Å². The second kappa shape index (κ2) is 5.27. The molecular formula is C14H11Cl2FO. The van der Waals surface area contributed by atoms with Crippen LogP contribution in [0.1, 0.15) is 22.8 Å². The van der Waals surface area contributed by atoms with Crippen molar-refractivity contribution in [3.8, 4) is 0 Å². The van der Waals surface area contributed by atoms with Gasteiger partial charge in [-0.05, 0) is 36.2 Å². The van der Waals surface area contributed by atoms with E-state index < -0.39 is 6.10 Å². The van der Waals surface area contributed by atoms with Crippen molar-refractivity contribution in [3.05, 3.63) is 69.0 Å². The third-order valence-corrected chi connectivity index (χ3v) is 3.49. The second-order valence-corrected chi connectivity index (χ2v) is 4.89. The van der Waals surface area contributed by atoms with E-state index in [1.807, 2.05) is 0 Å². The van der Waals surface area contributed by atoms with Gasteiger partial charge in [0.05, 0.1) is 10.0 Å². The number of hydrogen-bond donors (Lipinski definition) is 1. The maximum absolute atomic E-state index is 13.3. The fourth-order valence-electron chi connectivity index (χ4n) is 1.83. The molecule has 0 spiro atoms. The number of benzene rings is 2. The molecule has 1 unspecified atom stereocenters. The number of hydrogen-bond acceptors (Lipinski definition) is 1. The van der Waals surface area contributed by atoms with Crippen molar-refractivity contribution in [1.82, 2.24) is 0 Å². The molecule has 1 nitrogen and oxygen atoms in total. The lowest BCUT2D eigenvalue weighted by Gasteiger charge is -2.14. The molecule has 0 aliphatic heterocycles. The molecule has 0 heterocycles. The van der Waals surface area contributed by atoms with Gasteiger partial charge in [0.25, 0.3) is 0 Å². The summed E-state index contributed by atoms with van der Waals surface area (Å²) in [6.07, 6.45) is -0.995. The predicted molar refractivity (Wildman–Crippen MR) is 71.7 cm³/mol. The molecule has 4 heteroatoms. The highest BCUT2D eigenvalue weighted by Crippen LogP contribution is 2.33. The lowest BCUT2D eigenvalue weighted by Crippen LogP contribution is -2.02. The fraction of sp³-hybridized carbons (Fsp3) is 0.143. The minimum absolute atomic E-state index is 0.286. The molecule has 0 radical (unpaired) electrons. The first-order valence-corrected chi connectivity index (χ1v) is 6.13. The quantitative estimate of drug-likeness (QED) is 0.860. The van der Waals surface area contributed by atoms with Crippen LogP contribution in [-0.2, 0) is 0 Å². The first-order chi connectivity index (χ1) is 8.49. The molecule has 0 aromatic heterocycles. The first-order valence-electron chi connectivity index (χ1n) is 5.38. The molecular weight excluding hydrogens is 274 g/mol. The highest BCUT2D eigenvalue weighted by Gasteiger charge is 2.16. The van der Waals surface area contributed by atoms with Crippen LogP contribution in [0.2, 0.25) is 10.0 Å². The maximum atomic E-state index is 13.3. The Kier molecular flexibility index (Phi) is 3.91. The summed E-state index contributed by atoms with van der Waals surface area (Å²) in [5.41, 5.74) is 1.66. The average Bonchev–Trinajstić information content (AvgIpc) is 2.30. The number of rotatable bonds is 2. The van der Waals surface area contributed by atoms with Crippen LogP contribution in [-0.4, -0.2) is 5.11 Å². The smallest absolute Gasteiger partial charge is 0.123 e. The molecule has 0 aliphatic rings. The van der Waals surface area contributed by atoms with Crippen molar-refractivity contribution in [2.24, 2.45) is 0 Å². The third-order valence-electron chi connectivity index (χ3n) is 2.66. The van der Waals surface area contributed by atoms with Crippen molar-refractivity contribution in [2.45, 2.75) is 13.0 Å². The Hall–Kier alpha value is -1.09. The number of halogens is 3. The van der Waals surface area contributed by atoms with Crippen LogP contribution in [0.5, 0.6) is 0 Å². The Balaban J connectivity index is 2.47. The van der Waals surface area contributed by atoms with Crippen molar-refractivity contribution < 1.29 is 9.50 Å². The largest absolute Gasteiger partial charge is 0.384 e. The van der Waals surface area contributed by atoms with E-state index in [9.17, 15) is 9.50 Å². The molecule has 2 aromatic rings. The number of aliphatic hydroxyl groups excluding tert-OH is 1. The molecule has 2 rings (SSSR count). The van der Waals surface area contributed by atoms with Gasteiger partial charge in [-0.2, -0.15) is 0 Å². The summed E-state index contributed by atoms with van der Waals surface area (Å²) in [5.74, 6) is -0.387. The predicted octanol–water partition coefficient (Wildman–Crippen LogP) is 4.52. The number of aliphatic hydroxyl groups is 1. The molecule has 0 amide bonds. The monoisotopic (exact) mass is 284 g/mol. The van der Waals surface area contributed by atoms with Gasteiger partial charge in [0.2, 0.25) is 0 Å². The van der Waals surface area contributed by atoms with E-state index in [0.717, 1.165) is 5.56 Å². The second-order valence-electron chi connectivity index (χ2n) is 4.11. The molecule has 0 bridgehead atoms. The van der Waals surface area contributed by atoms with Crippen molar-refractivity contribution in [3.63, 3.8) is 0 Å². The van der Waals surface area contributed by atoms with Gasteiger partial charge in [0.1, 0.15) is 11.9 Å². The highest BCUT2D eigenvalue weighted by atomic mass is 35.5. The van der Waals surface area contributed by atoms with Gasteiger partial charge in [0.15, 0.2) is 0 Å². The summed E-state index contributed by atoms with van der Waals surface area (Å²) in [6, 6.07) is 9.39. The molecule has 1 N–H and O–H groups in total. The first kappa shape index (κ1) is 13.3. The van der Waals surface area contributed by atoms with Crippen LogP contribution in [0.3, 0.4) is 0 Å². The summed E-state index contributed by atoms with van der Waals surface area (Å²) < 4.78 is 13.3. The topological polar surface area (TPSA) is 20.2 Å². The molecule has 2 aromatic carbocycles. The van der Waals surface area contributed by atoms with Gasteiger partial charge >= 0.3 is 0 Å².